The summed E-state index contributed by atoms with van der Waals surface area (Å²) in [6, 6.07) is 0. The van der Waals surface area contributed by atoms with Crippen LogP contribution in [0.4, 0.5) is 0 Å². The van der Waals surface area contributed by atoms with Gasteiger partial charge in [0.1, 0.15) is 0 Å². The molecule has 0 aromatic heterocycles. The normalized spacial score (nSPS) is 26.6. The molecule has 0 aromatic carbocycles. The van der Waals surface area contributed by atoms with Gasteiger partial charge >= 0.3 is 0 Å². The van der Waals surface area contributed by atoms with Crippen molar-refractivity contribution in [2.75, 3.05) is 5.75 Å². The smallest absolute Gasteiger partial charge is 0.0674 e. The number of hydrogen-bond acceptors (Lipinski definition) is 2. The number of thioether (sulfide) groups is 1. The lowest BCUT2D eigenvalue weighted by Crippen LogP contribution is -2.14. The van der Waals surface area contributed by atoms with Crippen molar-refractivity contribution in [1.82, 2.24) is 0 Å². The number of hydrogen-bond donors (Lipinski definition) is 1. The van der Waals surface area contributed by atoms with E-state index in [2.05, 4.69) is 13.0 Å². The fraction of sp³-hybridized carbons (Fsp3) is 0.556. The van der Waals surface area contributed by atoms with Crippen LogP contribution in [0, 0.1) is 0 Å². The van der Waals surface area contributed by atoms with Crippen molar-refractivity contribution < 1.29 is 5.11 Å². The van der Waals surface area contributed by atoms with E-state index in [1.54, 1.807) is 11.8 Å². The summed E-state index contributed by atoms with van der Waals surface area (Å²) in [5, 5.41) is 9.34. The van der Waals surface area contributed by atoms with E-state index >= 15 is 0 Å². The zero-order valence-corrected chi connectivity index (χ0v) is 7.82. The third kappa shape index (κ3) is 2.38. The summed E-state index contributed by atoms with van der Waals surface area (Å²) in [6.45, 7) is 4.12. The second-order valence-electron chi connectivity index (χ2n) is 2.75. The molecule has 0 amide bonds. The van der Waals surface area contributed by atoms with Crippen molar-refractivity contribution >= 4 is 11.8 Å². The minimum Gasteiger partial charge on any atom is -0.392 e. The van der Waals surface area contributed by atoms with Gasteiger partial charge in [-0.3, -0.25) is 0 Å². The van der Waals surface area contributed by atoms with Gasteiger partial charge < -0.3 is 5.11 Å². The van der Waals surface area contributed by atoms with E-state index in [-0.39, 0.29) is 6.10 Å². The van der Waals surface area contributed by atoms with E-state index in [1.165, 1.54) is 10.5 Å². The van der Waals surface area contributed by atoms with Gasteiger partial charge in [-0.2, -0.15) is 0 Å². The highest BCUT2D eigenvalue weighted by molar-refractivity contribution is 8.03. The van der Waals surface area contributed by atoms with Gasteiger partial charge in [0.05, 0.1) is 6.10 Å². The average molecular weight is 170 g/mol. The quantitative estimate of drug-likeness (QED) is 0.651. The maximum atomic E-state index is 9.34. The summed E-state index contributed by atoms with van der Waals surface area (Å²) in [5.41, 5.74) is 1.29. The molecule has 0 fully saturated rings. The van der Waals surface area contributed by atoms with E-state index in [4.69, 9.17) is 0 Å². The minimum absolute atomic E-state index is 0.144. The minimum atomic E-state index is -0.144. The predicted octanol–water partition coefficient (Wildman–Crippen LogP) is 2.33. The molecule has 1 heterocycles. The zero-order valence-electron chi connectivity index (χ0n) is 7.00. The zero-order chi connectivity index (χ0) is 8.27. The third-order valence-corrected chi connectivity index (χ3v) is 3.01. The SMILES string of the molecule is C/C=C\C1=C(C)SCC(O)C1. The van der Waals surface area contributed by atoms with Crippen molar-refractivity contribution in [1.29, 1.82) is 0 Å². The van der Waals surface area contributed by atoms with E-state index in [9.17, 15) is 5.11 Å². The third-order valence-electron chi connectivity index (χ3n) is 1.77. The molecule has 0 aliphatic carbocycles. The van der Waals surface area contributed by atoms with Gasteiger partial charge in [0.25, 0.3) is 0 Å². The molecule has 1 rings (SSSR count). The van der Waals surface area contributed by atoms with Crippen LogP contribution in [0.3, 0.4) is 0 Å². The molecule has 62 valence electrons. The number of allylic oxidation sites excluding steroid dienone is 3. The number of rotatable bonds is 1. The summed E-state index contributed by atoms with van der Waals surface area (Å²) in [6.07, 6.45) is 4.79. The Bertz CT molecular complexity index is 194. The average Bonchev–Trinajstić information content (AvgIpc) is 1.98. The maximum absolute atomic E-state index is 9.34. The van der Waals surface area contributed by atoms with Crippen molar-refractivity contribution in [2.24, 2.45) is 0 Å². The summed E-state index contributed by atoms with van der Waals surface area (Å²) >= 11 is 1.75. The Hall–Kier alpha value is -0.210. The van der Waals surface area contributed by atoms with Gasteiger partial charge in [0, 0.05) is 5.75 Å². The molecular weight excluding hydrogens is 156 g/mol. The first-order valence-corrected chi connectivity index (χ1v) is 4.86. The lowest BCUT2D eigenvalue weighted by Gasteiger charge is -2.19. The van der Waals surface area contributed by atoms with Crippen molar-refractivity contribution in [3.8, 4) is 0 Å². The Morgan fingerprint density at radius 1 is 1.64 bits per heavy atom. The molecule has 1 aliphatic rings. The molecule has 0 radical (unpaired) electrons. The molecule has 1 aliphatic heterocycles. The summed E-state index contributed by atoms with van der Waals surface area (Å²) in [5.74, 6) is 0.854. The highest BCUT2D eigenvalue weighted by Gasteiger charge is 2.14. The Balaban J connectivity index is 2.71. The number of aliphatic hydroxyl groups excluding tert-OH is 1. The van der Waals surface area contributed by atoms with Crippen LogP contribution in [-0.4, -0.2) is 17.0 Å². The summed E-state index contributed by atoms with van der Waals surface area (Å²) < 4.78 is 0. The molecule has 0 bridgehead atoms. The topological polar surface area (TPSA) is 20.2 Å². The van der Waals surface area contributed by atoms with E-state index in [0.717, 1.165) is 12.2 Å². The van der Waals surface area contributed by atoms with Crippen LogP contribution in [0.25, 0.3) is 0 Å². The first-order valence-electron chi connectivity index (χ1n) is 3.87. The van der Waals surface area contributed by atoms with Gasteiger partial charge in [-0.1, -0.05) is 12.2 Å². The molecule has 1 nitrogen and oxygen atoms in total. The molecule has 2 heteroatoms. The molecule has 0 aromatic rings. The second-order valence-corrected chi connectivity index (χ2v) is 3.98. The maximum Gasteiger partial charge on any atom is 0.0674 e. The van der Waals surface area contributed by atoms with Crippen LogP contribution >= 0.6 is 11.8 Å². The van der Waals surface area contributed by atoms with Gasteiger partial charge in [-0.15, -0.1) is 11.8 Å². The molecule has 0 saturated heterocycles. The summed E-state index contributed by atoms with van der Waals surface area (Å²) in [4.78, 5) is 1.36. The second kappa shape index (κ2) is 3.98. The monoisotopic (exact) mass is 170 g/mol. The van der Waals surface area contributed by atoms with Crippen LogP contribution in [-0.2, 0) is 0 Å². The molecule has 0 spiro atoms. The molecule has 1 N–H and O–H groups in total. The van der Waals surface area contributed by atoms with Gasteiger partial charge in [-0.05, 0) is 30.7 Å². The lowest BCUT2D eigenvalue weighted by molar-refractivity contribution is 0.199. The van der Waals surface area contributed by atoms with Crippen LogP contribution in [0.1, 0.15) is 20.3 Å². The van der Waals surface area contributed by atoms with E-state index in [1.807, 2.05) is 13.0 Å². The van der Waals surface area contributed by atoms with Crippen LogP contribution < -0.4 is 0 Å². The predicted molar refractivity (Wildman–Crippen MR) is 50.6 cm³/mol. The van der Waals surface area contributed by atoms with Crippen molar-refractivity contribution in [3.63, 3.8) is 0 Å². The highest BCUT2D eigenvalue weighted by Crippen LogP contribution is 2.29. The highest BCUT2D eigenvalue weighted by atomic mass is 32.2. The lowest BCUT2D eigenvalue weighted by atomic mass is 10.1. The molecule has 1 unspecified atom stereocenters. The van der Waals surface area contributed by atoms with Crippen LogP contribution in [0.15, 0.2) is 22.6 Å². The Morgan fingerprint density at radius 2 is 2.36 bits per heavy atom. The first kappa shape index (κ1) is 8.88. The summed E-state index contributed by atoms with van der Waals surface area (Å²) in [7, 11) is 0. The van der Waals surface area contributed by atoms with E-state index < -0.39 is 0 Å². The fourth-order valence-electron chi connectivity index (χ4n) is 1.16. The van der Waals surface area contributed by atoms with E-state index in [0.29, 0.717) is 0 Å². The Morgan fingerprint density at radius 3 is 3.00 bits per heavy atom. The molecule has 1 atom stereocenters. The van der Waals surface area contributed by atoms with Gasteiger partial charge in [0.2, 0.25) is 0 Å². The first-order chi connectivity index (χ1) is 5.24. The molecule has 11 heavy (non-hydrogen) atoms. The van der Waals surface area contributed by atoms with Crippen molar-refractivity contribution in [2.45, 2.75) is 26.4 Å². The number of aliphatic hydroxyl groups is 1. The van der Waals surface area contributed by atoms with Crippen molar-refractivity contribution in [3.05, 3.63) is 22.6 Å². The fourth-order valence-corrected chi connectivity index (χ4v) is 2.05. The Labute approximate surface area is 72.2 Å². The van der Waals surface area contributed by atoms with Crippen LogP contribution in [0.5, 0.6) is 0 Å². The largest absolute Gasteiger partial charge is 0.392 e. The van der Waals surface area contributed by atoms with Gasteiger partial charge in [0.15, 0.2) is 0 Å². The Kier molecular flexibility index (Phi) is 3.21. The standard InChI is InChI=1S/C9H14OS/c1-3-4-8-5-9(10)6-11-7(8)2/h3-4,9-10H,5-6H2,1-2H3/b4-3-. The van der Waals surface area contributed by atoms with Crippen LogP contribution in [0.2, 0.25) is 0 Å². The molecular formula is C9H14OS. The molecule has 0 saturated carbocycles. The van der Waals surface area contributed by atoms with Gasteiger partial charge in [-0.25, -0.2) is 0 Å².